The maximum atomic E-state index is 2.49. The fourth-order valence-corrected chi connectivity index (χ4v) is 7.59. The molecule has 0 N–H and O–H groups in total. The summed E-state index contributed by atoms with van der Waals surface area (Å²) in [7, 11) is 0. The second-order valence-electron chi connectivity index (χ2n) is 13.2. The quantitative estimate of drug-likeness (QED) is 0.478. The summed E-state index contributed by atoms with van der Waals surface area (Å²) in [6.07, 6.45) is 8.50. The molecule has 4 aliphatic rings. The second kappa shape index (κ2) is 6.47. The van der Waals surface area contributed by atoms with Crippen molar-refractivity contribution in [2.45, 2.75) is 102 Å². The molecule has 0 radical (unpaired) electrons. The molecule has 0 saturated heterocycles. The van der Waals surface area contributed by atoms with E-state index in [2.05, 4.69) is 90.1 Å². The van der Waals surface area contributed by atoms with Gasteiger partial charge in [0.15, 0.2) is 0 Å². The highest BCUT2D eigenvalue weighted by molar-refractivity contribution is 5.40. The van der Waals surface area contributed by atoms with Crippen LogP contribution in [0, 0.1) is 11.8 Å². The molecule has 0 heterocycles. The molecule has 6 rings (SSSR count). The highest BCUT2D eigenvalue weighted by Crippen LogP contribution is 2.66. The van der Waals surface area contributed by atoms with Crippen LogP contribution in [0.25, 0.3) is 0 Å². The Bertz CT molecular complexity index is 824. The Kier molecular flexibility index (Phi) is 4.39. The molecule has 0 atom stereocenters. The fraction of sp³-hybridized carbons (Fsp3) is 0.600. The van der Waals surface area contributed by atoms with Gasteiger partial charge in [0.05, 0.1) is 0 Å². The van der Waals surface area contributed by atoms with Gasteiger partial charge in [-0.3, -0.25) is 0 Å². The first-order chi connectivity index (χ1) is 14.0. The maximum Gasteiger partial charge on any atom is -0.00332 e. The van der Waals surface area contributed by atoms with Gasteiger partial charge in [-0.05, 0) is 94.3 Å². The molecule has 2 aromatic carbocycles. The zero-order chi connectivity index (χ0) is 21.4. The van der Waals surface area contributed by atoms with E-state index in [9.17, 15) is 0 Å². The SMILES string of the molecule is CC(C)(C)c1ccc(C23CC4CC(C2)CC(c2ccc(C(C)(C)C)cc2)(C4)C3)cc1. The van der Waals surface area contributed by atoms with Crippen molar-refractivity contribution in [2.75, 3.05) is 0 Å². The number of benzene rings is 2. The van der Waals surface area contributed by atoms with Crippen molar-refractivity contribution in [3.63, 3.8) is 0 Å². The minimum absolute atomic E-state index is 0.232. The van der Waals surface area contributed by atoms with Crippen molar-refractivity contribution >= 4 is 0 Å². The summed E-state index contributed by atoms with van der Waals surface area (Å²) >= 11 is 0. The van der Waals surface area contributed by atoms with E-state index in [0.717, 1.165) is 11.8 Å². The molecule has 0 aliphatic heterocycles. The normalized spacial score (nSPS) is 33.1. The third-order valence-corrected chi connectivity index (χ3v) is 8.79. The molecule has 2 aromatic rings. The van der Waals surface area contributed by atoms with Crippen LogP contribution in [-0.2, 0) is 21.7 Å². The summed E-state index contributed by atoms with van der Waals surface area (Å²) in [5.74, 6) is 1.83. The molecule has 30 heavy (non-hydrogen) atoms. The summed E-state index contributed by atoms with van der Waals surface area (Å²) < 4.78 is 0. The van der Waals surface area contributed by atoms with Gasteiger partial charge in [0.1, 0.15) is 0 Å². The molecule has 4 saturated carbocycles. The first-order valence-corrected chi connectivity index (χ1v) is 12.2. The van der Waals surface area contributed by atoms with Crippen molar-refractivity contribution in [2.24, 2.45) is 11.8 Å². The van der Waals surface area contributed by atoms with E-state index >= 15 is 0 Å². The summed E-state index contributed by atoms with van der Waals surface area (Å²) in [6, 6.07) is 19.6. The Labute approximate surface area is 184 Å². The molecule has 4 aliphatic carbocycles. The van der Waals surface area contributed by atoms with Gasteiger partial charge in [0, 0.05) is 0 Å². The Hall–Kier alpha value is -1.56. The first-order valence-electron chi connectivity index (χ1n) is 12.2. The van der Waals surface area contributed by atoms with E-state index in [-0.39, 0.29) is 10.8 Å². The Morgan fingerprint density at radius 3 is 1.20 bits per heavy atom. The zero-order valence-electron chi connectivity index (χ0n) is 20.0. The topological polar surface area (TPSA) is 0 Å². The zero-order valence-corrected chi connectivity index (χ0v) is 20.0. The molecule has 0 aromatic heterocycles. The molecule has 0 unspecified atom stereocenters. The van der Waals surface area contributed by atoms with E-state index in [1.807, 2.05) is 0 Å². The second-order valence-corrected chi connectivity index (χ2v) is 13.2. The molecule has 0 amide bonds. The lowest BCUT2D eigenvalue weighted by molar-refractivity contribution is -0.0281. The first kappa shape index (κ1) is 20.3. The number of hydrogen-bond acceptors (Lipinski definition) is 0. The van der Waals surface area contributed by atoms with Crippen LogP contribution in [0.5, 0.6) is 0 Å². The molecule has 160 valence electrons. The summed E-state index contributed by atoms with van der Waals surface area (Å²) in [4.78, 5) is 0. The molecule has 0 nitrogen and oxygen atoms in total. The lowest BCUT2D eigenvalue weighted by atomic mass is 9.41. The van der Waals surface area contributed by atoms with E-state index in [4.69, 9.17) is 0 Å². The van der Waals surface area contributed by atoms with Crippen LogP contribution in [0.15, 0.2) is 48.5 Å². The van der Waals surface area contributed by atoms with Gasteiger partial charge in [0.2, 0.25) is 0 Å². The standard InChI is InChI=1S/C30H40/c1-27(2,3)23-7-11-25(12-8-23)29-16-21-15-22(17-29)19-30(18-21,20-29)26-13-9-24(10-14-26)28(4,5)6/h7-14,21-22H,15-20H2,1-6H3. The Morgan fingerprint density at radius 1 is 0.567 bits per heavy atom. The number of rotatable bonds is 2. The molecule has 0 spiro atoms. The van der Waals surface area contributed by atoms with Crippen LogP contribution < -0.4 is 0 Å². The van der Waals surface area contributed by atoms with Gasteiger partial charge >= 0.3 is 0 Å². The van der Waals surface area contributed by atoms with Crippen molar-refractivity contribution in [1.82, 2.24) is 0 Å². The summed E-state index contributed by atoms with van der Waals surface area (Å²) in [6.45, 7) is 13.9. The lowest BCUT2D eigenvalue weighted by Gasteiger charge is -2.63. The Morgan fingerprint density at radius 2 is 0.900 bits per heavy atom. The highest BCUT2D eigenvalue weighted by atomic mass is 14.6. The predicted octanol–water partition coefficient (Wildman–Crippen LogP) is 8.07. The van der Waals surface area contributed by atoms with Gasteiger partial charge in [-0.25, -0.2) is 0 Å². The summed E-state index contributed by atoms with van der Waals surface area (Å²) in [5, 5.41) is 0. The minimum atomic E-state index is 0.232. The van der Waals surface area contributed by atoms with E-state index in [1.54, 1.807) is 11.1 Å². The largest absolute Gasteiger partial charge is 0.0582 e. The fourth-order valence-electron chi connectivity index (χ4n) is 7.59. The monoisotopic (exact) mass is 400 g/mol. The van der Waals surface area contributed by atoms with Crippen molar-refractivity contribution in [3.05, 3.63) is 70.8 Å². The maximum absolute atomic E-state index is 2.49. The van der Waals surface area contributed by atoms with Crippen LogP contribution in [0.1, 0.15) is 102 Å². The highest BCUT2D eigenvalue weighted by Gasteiger charge is 2.58. The van der Waals surface area contributed by atoms with Gasteiger partial charge in [-0.2, -0.15) is 0 Å². The summed E-state index contributed by atoms with van der Waals surface area (Å²) in [5.41, 5.74) is 7.45. The third kappa shape index (κ3) is 3.26. The van der Waals surface area contributed by atoms with Gasteiger partial charge in [-0.15, -0.1) is 0 Å². The van der Waals surface area contributed by atoms with Crippen LogP contribution in [-0.4, -0.2) is 0 Å². The third-order valence-electron chi connectivity index (χ3n) is 8.79. The van der Waals surface area contributed by atoms with E-state index in [1.165, 1.54) is 49.7 Å². The van der Waals surface area contributed by atoms with Crippen molar-refractivity contribution in [1.29, 1.82) is 0 Å². The average Bonchev–Trinajstić information content (AvgIpc) is 2.66. The predicted molar refractivity (Wildman–Crippen MR) is 128 cm³/mol. The number of hydrogen-bond donors (Lipinski definition) is 0. The molecule has 4 bridgehead atoms. The smallest absolute Gasteiger partial charge is 0.00332 e. The molecule has 0 heteroatoms. The van der Waals surface area contributed by atoms with Crippen LogP contribution >= 0.6 is 0 Å². The van der Waals surface area contributed by atoms with Gasteiger partial charge in [0.25, 0.3) is 0 Å². The van der Waals surface area contributed by atoms with Crippen molar-refractivity contribution in [3.8, 4) is 0 Å². The minimum Gasteiger partial charge on any atom is -0.0582 e. The average molecular weight is 401 g/mol. The Balaban J connectivity index is 1.51. The van der Waals surface area contributed by atoms with Gasteiger partial charge < -0.3 is 0 Å². The van der Waals surface area contributed by atoms with Crippen LogP contribution in [0.2, 0.25) is 0 Å². The molecular weight excluding hydrogens is 360 g/mol. The van der Waals surface area contributed by atoms with Crippen LogP contribution in [0.3, 0.4) is 0 Å². The lowest BCUT2D eigenvalue weighted by Crippen LogP contribution is -2.55. The van der Waals surface area contributed by atoms with E-state index < -0.39 is 0 Å². The molecule has 4 fully saturated rings. The van der Waals surface area contributed by atoms with Gasteiger partial charge in [-0.1, -0.05) is 90.1 Å². The van der Waals surface area contributed by atoms with E-state index in [0.29, 0.717) is 10.8 Å². The molecular formula is C30H40. The van der Waals surface area contributed by atoms with Crippen LogP contribution in [0.4, 0.5) is 0 Å². The van der Waals surface area contributed by atoms with Crippen molar-refractivity contribution < 1.29 is 0 Å².